The molecule has 0 aliphatic rings. The number of benzene rings is 1. The highest BCUT2D eigenvalue weighted by molar-refractivity contribution is 5.37. The second-order valence-corrected chi connectivity index (χ2v) is 4.35. The molecule has 1 aromatic heterocycles. The summed E-state index contributed by atoms with van der Waals surface area (Å²) in [7, 11) is 1.36. The fraction of sp³-hybridized carbons (Fsp3) is 0.214. The fourth-order valence-electron chi connectivity index (χ4n) is 2.11. The quantitative estimate of drug-likeness (QED) is 0.875. The van der Waals surface area contributed by atoms with Gasteiger partial charge < -0.3 is 5.32 Å². The minimum absolute atomic E-state index is 0.212. The minimum Gasteiger partial charge on any atom is -0.309 e. The maximum absolute atomic E-state index is 13.8. The van der Waals surface area contributed by atoms with E-state index >= 15 is 0 Å². The molecule has 21 heavy (non-hydrogen) atoms. The predicted molar refractivity (Wildman–Crippen MR) is 66.5 cm³/mol. The number of halogens is 5. The Labute approximate surface area is 117 Å². The van der Waals surface area contributed by atoms with Crippen LogP contribution in [0.5, 0.6) is 0 Å². The van der Waals surface area contributed by atoms with Gasteiger partial charge in [0, 0.05) is 23.5 Å². The molecule has 1 N–H and O–H groups in total. The van der Waals surface area contributed by atoms with Crippen LogP contribution < -0.4 is 5.32 Å². The molecule has 0 radical (unpaired) electrons. The molecule has 0 aliphatic carbocycles. The van der Waals surface area contributed by atoms with E-state index in [1.54, 1.807) is 0 Å². The highest BCUT2D eigenvalue weighted by Gasteiger charge is 2.35. The van der Waals surface area contributed by atoms with Crippen LogP contribution in [0, 0.1) is 11.6 Å². The van der Waals surface area contributed by atoms with E-state index in [1.165, 1.54) is 7.05 Å². The molecule has 1 aromatic carbocycles. The van der Waals surface area contributed by atoms with E-state index in [2.05, 4.69) is 10.3 Å². The Hall–Kier alpha value is -2.02. The van der Waals surface area contributed by atoms with Crippen molar-refractivity contribution in [3.05, 3.63) is 65.0 Å². The van der Waals surface area contributed by atoms with Gasteiger partial charge in [0.1, 0.15) is 11.6 Å². The third-order valence-electron chi connectivity index (χ3n) is 3.03. The molecule has 2 nitrogen and oxygen atoms in total. The van der Waals surface area contributed by atoms with Gasteiger partial charge in [-0.1, -0.05) is 0 Å². The van der Waals surface area contributed by atoms with E-state index in [-0.39, 0.29) is 11.1 Å². The lowest BCUT2D eigenvalue weighted by Crippen LogP contribution is -2.23. The number of rotatable bonds is 3. The largest absolute Gasteiger partial charge is 0.416 e. The Morgan fingerprint density at radius 2 is 1.81 bits per heavy atom. The Morgan fingerprint density at radius 3 is 2.43 bits per heavy atom. The molecule has 1 unspecified atom stereocenters. The molecule has 7 heteroatoms. The first-order valence-corrected chi connectivity index (χ1v) is 5.98. The number of aromatic nitrogens is 1. The topological polar surface area (TPSA) is 24.9 Å². The Bertz CT molecular complexity index is 640. The van der Waals surface area contributed by atoms with Gasteiger partial charge in [0.15, 0.2) is 0 Å². The van der Waals surface area contributed by atoms with Gasteiger partial charge in [-0.2, -0.15) is 13.2 Å². The van der Waals surface area contributed by atoms with Crippen LogP contribution >= 0.6 is 0 Å². The van der Waals surface area contributed by atoms with Gasteiger partial charge in [-0.05, 0) is 31.3 Å². The third kappa shape index (κ3) is 3.18. The SMILES string of the molecule is CNC(c1cc(F)ccc1F)c1cnccc1C(F)(F)F. The lowest BCUT2D eigenvalue weighted by Gasteiger charge is -2.21. The molecule has 2 rings (SSSR count). The first-order valence-electron chi connectivity index (χ1n) is 5.98. The van der Waals surface area contributed by atoms with Crippen molar-refractivity contribution in [2.75, 3.05) is 7.05 Å². The molecule has 0 saturated carbocycles. The van der Waals surface area contributed by atoms with Crippen LogP contribution in [-0.2, 0) is 6.18 Å². The van der Waals surface area contributed by atoms with Crippen molar-refractivity contribution in [1.29, 1.82) is 0 Å². The van der Waals surface area contributed by atoms with Crippen LogP contribution in [-0.4, -0.2) is 12.0 Å². The normalized spacial score (nSPS) is 13.2. The van der Waals surface area contributed by atoms with Crippen LogP contribution in [0.25, 0.3) is 0 Å². The maximum atomic E-state index is 13.8. The van der Waals surface area contributed by atoms with Crippen molar-refractivity contribution in [2.24, 2.45) is 0 Å². The summed E-state index contributed by atoms with van der Waals surface area (Å²) in [5.74, 6) is -1.53. The van der Waals surface area contributed by atoms with E-state index in [4.69, 9.17) is 0 Å². The molecule has 0 fully saturated rings. The van der Waals surface area contributed by atoms with Crippen molar-refractivity contribution in [3.8, 4) is 0 Å². The van der Waals surface area contributed by atoms with Crippen LogP contribution in [0.4, 0.5) is 22.0 Å². The van der Waals surface area contributed by atoms with Gasteiger partial charge in [-0.3, -0.25) is 4.98 Å². The summed E-state index contributed by atoms with van der Waals surface area (Å²) < 4.78 is 66.1. The number of nitrogens with zero attached hydrogens (tertiary/aromatic N) is 1. The fourth-order valence-corrected chi connectivity index (χ4v) is 2.11. The second kappa shape index (κ2) is 5.77. The van der Waals surface area contributed by atoms with Crippen LogP contribution in [0.3, 0.4) is 0 Å². The number of pyridine rings is 1. The molecule has 0 aliphatic heterocycles. The first-order chi connectivity index (χ1) is 9.84. The summed E-state index contributed by atoms with van der Waals surface area (Å²) >= 11 is 0. The van der Waals surface area contributed by atoms with E-state index in [0.29, 0.717) is 0 Å². The molecule has 1 atom stereocenters. The van der Waals surface area contributed by atoms with Gasteiger partial charge >= 0.3 is 6.18 Å². The van der Waals surface area contributed by atoms with Gasteiger partial charge in [-0.25, -0.2) is 8.78 Å². The van der Waals surface area contributed by atoms with Crippen molar-refractivity contribution >= 4 is 0 Å². The highest BCUT2D eigenvalue weighted by atomic mass is 19.4. The highest BCUT2D eigenvalue weighted by Crippen LogP contribution is 2.36. The Kier molecular flexibility index (Phi) is 4.22. The molecule has 2 aromatic rings. The summed E-state index contributed by atoms with van der Waals surface area (Å²) in [4.78, 5) is 3.65. The van der Waals surface area contributed by atoms with Crippen molar-refractivity contribution in [3.63, 3.8) is 0 Å². The minimum atomic E-state index is -4.61. The summed E-state index contributed by atoms with van der Waals surface area (Å²) in [6, 6.07) is 2.28. The van der Waals surface area contributed by atoms with Crippen molar-refractivity contribution in [1.82, 2.24) is 10.3 Å². The van der Waals surface area contributed by atoms with Crippen LogP contribution in [0.1, 0.15) is 22.7 Å². The second-order valence-electron chi connectivity index (χ2n) is 4.35. The molecular formula is C14H11F5N2. The molecule has 1 heterocycles. The number of alkyl halides is 3. The predicted octanol–water partition coefficient (Wildman–Crippen LogP) is 3.69. The standard InChI is InChI=1S/C14H11F5N2/c1-20-13(9-6-8(15)2-3-12(9)16)10-7-21-5-4-11(10)14(17,18)19/h2-7,13,20H,1H3. The van der Waals surface area contributed by atoms with Gasteiger partial charge in [-0.15, -0.1) is 0 Å². The molecule has 0 amide bonds. The average molecular weight is 302 g/mol. The number of hydrogen-bond acceptors (Lipinski definition) is 2. The van der Waals surface area contributed by atoms with E-state index in [9.17, 15) is 22.0 Å². The zero-order valence-electron chi connectivity index (χ0n) is 10.9. The van der Waals surface area contributed by atoms with E-state index < -0.39 is 29.4 Å². The molecule has 0 bridgehead atoms. The summed E-state index contributed by atoms with van der Waals surface area (Å²) in [6.45, 7) is 0. The van der Waals surface area contributed by atoms with Crippen molar-refractivity contribution in [2.45, 2.75) is 12.2 Å². The summed E-state index contributed by atoms with van der Waals surface area (Å²) in [6.07, 6.45) is -2.62. The smallest absolute Gasteiger partial charge is 0.309 e. The van der Waals surface area contributed by atoms with Gasteiger partial charge in [0.05, 0.1) is 11.6 Å². The third-order valence-corrected chi connectivity index (χ3v) is 3.03. The number of nitrogens with one attached hydrogen (secondary N) is 1. The molecule has 0 spiro atoms. The van der Waals surface area contributed by atoms with Gasteiger partial charge in [0.25, 0.3) is 0 Å². The zero-order valence-corrected chi connectivity index (χ0v) is 10.9. The maximum Gasteiger partial charge on any atom is 0.416 e. The monoisotopic (exact) mass is 302 g/mol. The molecular weight excluding hydrogens is 291 g/mol. The van der Waals surface area contributed by atoms with Crippen LogP contribution in [0.2, 0.25) is 0 Å². The van der Waals surface area contributed by atoms with E-state index in [1.807, 2.05) is 0 Å². The Morgan fingerprint density at radius 1 is 1.10 bits per heavy atom. The first kappa shape index (κ1) is 15.4. The number of hydrogen-bond donors (Lipinski definition) is 1. The average Bonchev–Trinajstić information content (AvgIpc) is 2.43. The van der Waals surface area contributed by atoms with Crippen molar-refractivity contribution < 1.29 is 22.0 Å². The molecule has 0 saturated heterocycles. The molecule has 112 valence electrons. The lowest BCUT2D eigenvalue weighted by molar-refractivity contribution is -0.138. The Balaban J connectivity index is 2.60. The van der Waals surface area contributed by atoms with Gasteiger partial charge in [0.2, 0.25) is 0 Å². The van der Waals surface area contributed by atoms with E-state index in [0.717, 1.165) is 36.7 Å². The summed E-state index contributed by atoms with van der Waals surface area (Å²) in [5, 5.41) is 2.57. The lowest BCUT2D eigenvalue weighted by atomic mass is 9.95. The summed E-state index contributed by atoms with van der Waals surface area (Å²) in [5.41, 5.74) is -1.42. The van der Waals surface area contributed by atoms with Crippen LogP contribution in [0.15, 0.2) is 36.7 Å². The zero-order chi connectivity index (χ0) is 15.6.